The summed E-state index contributed by atoms with van der Waals surface area (Å²) in [6.45, 7) is 4.85. The topological polar surface area (TPSA) is 43.8 Å². The summed E-state index contributed by atoms with van der Waals surface area (Å²) in [6, 6.07) is 8.63. The molecule has 2 rings (SSSR count). The van der Waals surface area contributed by atoms with Gasteiger partial charge in [0.05, 0.1) is 5.69 Å². The van der Waals surface area contributed by atoms with Gasteiger partial charge in [0.1, 0.15) is 5.82 Å². The van der Waals surface area contributed by atoms with Crippen LogP contribution in [0.4, 0.5) is 0 Å². The Morgan fingerprint density at radius 2 is 2.06 bits per heavy atom. The Labute approximate surface area is 109 Å². The first-order valence-electron chi connectivity index (χ1n) is 6.38. The summed E-state index contributed by atoms with van der Waals surface area (Å²) in [5.74, 6) is 1.08. The number of hydrogen-bond donors (Lipinski definition) is 1. The summed E-state index contributed by atoms with van der Waals surface area (Å²) < 4.78 is 2.19. The molecule has 0 bridgehead atoms. The number of hydrogen-bond acceptors (Lipinski definition) is 2. The van der Waals surface area contributed by atoms with Crippen LogP contribution in [0.25, 0.3) is 0 Å². The summed E-state index contributed by atoms with van der Waals surface area (Å²) in [7, 11) is 2.08. The lowest BCUT2D eigenvalue weighted by Crippen LogP contribution is -2.09. The number of rotatable bonds is 4. The molecule has 0 aliphatic rings. The predicted molar refractivity (Wildman–Crippen MR) is 74.7 cm³/mol. The summed E-state index contributed by atoms with van der Waals surface area (Å²) in [6.07, 6.45) is 1.77. The van der Waals surface area contributed by atoms with Crippen molar-refractivity contribution in [2.45, 2.75) is 26.7 Å². The highest BCUT2D eigenvalue weighted by atomic mass is 15.1. The van der Waals surface area contributed by atoms with E-state index in [0.717, 1.165) is 24.4 Å². The molecule has 1 aromatic heterocycles. The summed E-state index contributed by atoms with van der Waals surface area (Å²) in [5.41, 5.74) is 10.6. The molecule has 0 saturated carbocycles. The molecule has 3 nitrogen and oxygen atoms in total. The molecule has 2 aromatic rings. The standard InChI is InChI=1S/C15H21N3/c1-11-5-4-6-13(9-11)10-14-12(2)17-15(7-8-16)18(14)3/h4-6,9H,7-8,10,16H2,1-3H3. The average Bonchev–Trinajstić information content (AvgIpc) is 2.58. The van der Waals surface area contributed by atoms with Crippen LogP contribution in [-0.2, 0) is 19.9 Å². The zero-order chi connectivity index (χ0) is 13.1. The fourth-order valence-corrected chi connectivity index (χ4v) is 2.35. The predicted octanol–water partition coefficient (Wildman–Crippen LogP) is 2.13. The van der Waals surface area contributed by atoms with Crippen LogP contribution in [0, 0.1) is 13.8 Å². The van der Waals surface area contributed by atoms with Gasteiger partial charge in [-0.25, -0.2) is 4.98 Å². The fraction of sp³-hybridized carbons (Fsp3) is 0.400. The van der Waals surface area contributed by atoms with E-state index >= 15 is 0 Å². The SMILES string of the molecule is Cc1cccc(Cc2c(C)nc(CCN)n2C)c1. The highest BCUT2D eigenvalue weighted by molar-refractivity contribution is 5.29. The number of nitrogens with two attached hydrogens (primary N) is 1. The monoisotopic (exact) mass is 243 g/mol. The van der Waals surface area contributed by atoms with Crippen molar-refractivity contribution in [3.05, 3.63) is 52.6 Å². The Balaban J connectivity index is 2.29. The highest BCUT2D eigenvalue weighted by Gasteiger charge is 2.11. The third-order valence-corrected chi connectivity index (χ3v) is 3.33. The largest absolute Gasteiger partial charge is 0.334 e. The van der Waals surface area contributed by atoms with Crippen LogP contribution in [0.15, 0.2) is 24.3 Å². The van der Waals surface area contributed by atoms with Crippen LogP contribution in [0.2, 0.25) is 0 Å². The van der Waals surface area contributed by atoms with Crippen LogP contribution >= 0.6 is 0 Å². The molecule has 0 aliphatic heterocycles. The Kier molecular flexibility index (Phi) is 3.82. The third-order valence-electron chi connectivity index (χ3n) is 3.33. The van der Waals surface area contributed by atoms with Gasteiger partial charge in [0.2, 0.25) is 0 Å². The van der Waals surface area contributed by atoms with Crippen molar-refractivity contribution in [3.63, 3.8) is 0 Å². The van der Waals surface area contributed by atoms with E-state index in [4.69, 9.17) is 5.73 Å². The summed E-state index contributed by atoms with van der Waals surface area (Å²) >= 11 is 0. The molecule has 2 N–H and O–H groups in total. The number of benzene rings is 1. The first kappa shape index (κ1) is 12.8. The molecule has 0 saturated heterocycles. The fourth-order valence-electron chi connectivity index (χ4n) is 2.35. The second-order valence-electron chi connectivity index (χ2n) is 4.82. The van der Waals surface area contributed by atoms with Crippen molar-refractivity contribution in [1.29, 1.82) is 0 Å². The third kappa shape index (κ3) is 2.62. The van der Waals surface area contributed by atoms with Gasteiger partial charge in [-0.3, -0.25) is 0 Å². The van der Waals surface area contributed by atoms with Crippen molar-refractivity contribution in [1.82, 2.24) is 9.55 Å². The molecule has 0 amide bonds. The number of imidazole rings is 1. The number of nitrogens with zero attached hydrogens (tertiary/aromatic N) is 2. The number of aryl methyl sites for hydroxylation is 2. The van der Waals surface area contributed by atoms with Crippen molar-refractivity contribution in [3.8, 4) is 0 Å². The van der Waals surface area contributed by atoms with E-state index in [1.54, 1.807) is 0 Å². The van der Waals surface area contributed by atoms with E-state index in [1.807, 2.05) is 0 Å². The van der Waals surface area contributed by atoms with Crippen LogP contribution in [-0.4, -0.2) is 16.1 Å². The van der Waals surface area contributed by atoms with E-state index in [-0.39, 0.29) is 0 Å². The van der Waals surface area contributed by atoms with Gasteiger partial charge in [-0.1, -0.05) is 29.8 Å². The van der Waals surface area contributed by atoms with Crippen molar-refractivity contribution >= 4 is 0 Å². The van der Waals surface area contributed by atoms with E-state index in [1.165, 1.54) is 16.8 Å². The molecule has 0 radical (unpaired) electrons. The van der Waals surface area contributed by atoms with E-state index in [9.17, 15) is 0 Å². The first-order chi connectivity index (χ1) is 8.61. The second kappa shape index (κ2) is 5.36. The lowest BCUT2D eigenvalue weighted by atomic mass is 10.1. The van der Waals surface area contributed by atoms with Crippen molar-refractivity contribution < 1.29 is 0 Å². The lowest BCUT2D eigenvalue weighted by Gasteiger charge is -2.07. The molecule has 0 fully saturated rings. The van der Waals surface area contributed by atoms with Crippen LogP contribution in [0.5, 0.6) is 0 Å². The Hall–Kier alpha value is -1.61. The molecule has 0 spiro atoms. The molecule has 0 unspecified atom stereocenters. The normalized spacial score (nSPS) is 10.9. The molecule has 3 heteroatoms. The molecular weight excluding hydrogens is 222 g/mol. The van der Waals surface area contributed by atoms with E-state index < -0.39 is 0 Å². The Bertz CT molecular complexity index is 541. The van der Waals surface area contributed by atoms with Crippen LogP contribution in [0.3, 0.4) is 0 Å². The second-order valence-corrected chi connectivity index (χ2v) is 4.82. The van der Waals surface area contributed by atoms with Gasteiger partial charge in [0.25, 0.3) is 0 Å². The number of aromatic nitrogens is 2. The minimum absolute atomic E-state index is 0.647. The Morgan fingerprint density at radius 1 is 1.28 bits per heavy atom. The smallest absolute Gasteiger partial charge is 0.110 e. The molecule has 1 heterocycles. The molecular formula is C15H21N3. The minimum atomic E-state index is 0.647. The first-order valence-corrected chi connectivity index (χ1v) is 6.38. The Morgan fingerprint density at radius 3 is 2.72 bits per heavy atom. The van der Waals surface area contributed by atoms with Gasteiger partial charge in [0.15, 0.2) is 0 Å². The average molecular weight is 243 g/mol. The zero-order valence-electron chi connectivity index (χ0n) is 11.4. The van der Waals surface area contributed by atoms with E-state index in [0.29, 0.717) is 6.54 Å². The molecule has 0 atom stereocenters. The quantitative estimate of drug-likeness (QED) is 0.894. The van der Waals surface area contributed by atoms with Gasteiger partial charge in [-0.2, -0.15) is 0 Å². The maximum atomic E-state index is 5.61. The highest BCUT2D eigenvalue weighted by Crippen LogP contribution is 2.16. The van der Waals surface area contributed by atoms with Crippen LogP contribution in [0.1, 0.15) is 28.3 Å². The zero-order valence-corrected chi connectivity index (χ0v) is 11.4. The maximum Gasteiger partial charge on any atom is 0.110 e. The van der Waals surface area contributed by atoms with Gasteiger partial charge in [0, 0.05) is 25.6 Å². The molecule has 0 aliphatic carbocycles. The van der Waals surface area contributed by atoms with Crippen molar-refractivity contribution in [2.75, 3.05) is 6.54 Å². The minimum Gasteiger partial charge on any atom is -0.334 e. The molecule has 18 heavy (non-hydrogen) atoms. The molecule has 1 aromatic carbocycles. The van der Waals surface area contributed by atoms with Gasteiger partial charge in [-0.15, -0.1) is 0 Å². The van der Waals surface area contributed by atoms with Gasteiger partial charge >= 0.3 is 0 Å². The molecule has 96 valence electrons. The summed E-state index contributed by atoms with van der Waals surface area (Å²) in [4.78, 5) is 4.60. The summed E-state index contributed by atoms with van der Waals surface area (Å²) in [5, 5.41) is 0. The van der Waals surface area contributed by atoms with Crippen molar-refractivity contribution in [2.24, 2.45) is 12.8 Å². The van der Waals surface area contributed by atoms with Crippen LogP contribution < -0.4 is 5.73 Å². The van der Waals surface area contributed by atoms with E-state index in [2.05, 4.69) is 54.7 Å². The lowest BCUT2D eigenvalue weighted by molar-refractivity contribution is 0.749. The van der Waals surface area contributed by atoms with Gasteiger partial charge in [-0.05, 0) is 26.0 Å². The maximum absolute atomic E-state index is 5.61. The van der Waals surface area contributed by atoms with Gasteiger partial charge < -0.3 is 10.3 Å².